The van der Waals surface area contributed by atoms with Crippen molar-refractivity contribution in [3.8, 4) is 22.6 Å². The number of aromatic nitrogens is 2. The molecule has 0 aliphatic carbocycles. The van der Waals surface area contributed by atoms with Crippen LogP contribution in [0.25, 0.3) is 22.6 Å². The zero-order valence-corrected chi connectivity index (χ0v) is 12.1. The maximum absolute atomic E-state index is 5.65. The molecule has 3 N–H and O–H groups in total. The van der Waals surface area contributed by atoms with Gasteiger partial charge in [-0.3, -0.25) is 0 Å². The lowest BCUT2D eigenvalue weighted by Crippen LogP contribution is -1.95. The first kappa shape index (κ1) is 13.6. The van der Waals surface area contributed by atoms with E-state index in [1.54, 1.807) is 0 Å². The third-order valence-corrected chi connectivity index (χ3v) is 3.64. The van der Waals surface area contributed by atoms with Crippen LogP contribution in [-0.4, -0.2) is 9.97 Å². The normalized spacial score (nSPS) is 10.8. The van der Waals surface area contributed by atoms with Crippen LogP contribution < -0.4 is 5.73 Å². The van der Waals surface area contributed by atoms with Gasteiger partial charge in [-0.05, 0) is 17.5 Å². The Morgan fingerprint density at radius 2 is 1.67 bits per heavy atom. The van der Waals surface area contributed by atoms with Gasteiger partial charge in [0.05, 0.1) is 11.4 Å². The minimum atomic E-state index is 0.569. The second-order valence-electron chi connectivity index (χ2n) is 5.03. The van der Waals surface area contributed by atoms with Gasteiger partial charge in [-0.25, -0.2) is 4.98 Å². The van der Waals surface area contributed by atoms with Crippen molar-refractivity contribution < 1.29 is 0 Å². The molecule has 0 radical (unpaired) electrons. The van der Waals surface area contributed by atoms with E-state index in [-0.39, 0.29) is 0 Å². The lowest BCUT2D eigenvalue weighted by Gasteiger charge is -2.02. The monoisotopic (exact) mass is 277 g/mol. The molecule has 0 saturated heterocycles. The highest BCUT2D eigenvalue weighted by Gasteiger charge is 2.11. The summed E-state index contributed by atoms with van der Waals surface area (Å²) in [5.41, 5.74) is 11.2. The third kappa shape index (κ3) is 2.73. The molecule has 2 aromatic carbocycles. The number of aryl methyl sites for hydroxylation is 1. The number of aromatic amines is 1. The summed E-state index contributed by atoms with van der Waals surface area (Å²) < 4.78 is 0. The molecule has 0 saturated carbocycles. The fraction of sp³-hybridized carbons (Fsp3) is 0.167. The van der Waals surface area contributed by atoms with Gasteiger partial charge in [0.2, 0.25) is 0 Å². The molecule has 0 amide bonds. The van der Waals surface area contributed by atoms with Crippen LogP contribution in [0.3, 0.4) is 0 Å². The third-order valence-electron chi connectivity index (χ3n) is 3.64. The number of rotatable bonds is 4. The topological polar surface area (TPSA) is 54.7 Å². The van der Waals surface area contributed by atoms with E-state index in [4.69, 9.17) is 10.7 Å². The molecule has 3 rings (SSSR count). The second kappa shape index (κ2) is 5.94. The lowest BCUT2D eigenvalue weighted by atomic mass is 10.1. The van der Waals surface area contributed by atoms with Crippen LogP contribution in [-0.2, 0) is 13.0 Å². The maximum atomic E-state index is 5.65. The van der Waals surface area contributed by atoms with Crippen LogP contribution >= 0.6 is 0 Å². The summed E-state index contributed by atoms with van der Waals surface area (Å²) >= 11 is 0. The van der Waals surface area contributed by atoms with Gasteiger partial charge < -0.3 is 10.7 Å². The minimum absolute atomic E-state index is 0.569. The molecule has 3 nitrogen and oxygen atoms in total. The minimum Gasteiger partial charge on any atom is -0.338 e. The summed E-state index contributed by atoms with van der Waals surface area (Å²) in [6, 6.07) is 18.5. The van der Waals surface area contributed by atoms with E-state index >= 15 is 0 Å². The van der Waals surface area contributed by atoms with E-state index in [9.17, 15) is 0 Å². The summed E-state index contributed by atoms with van der Waals surface area (Å²) in [4.78, 5) is 8.20. The number of nitrogens with zero attached hydrogens (tertiary/aromatic N) is 1. The first-order valence-electron chi connectivity index (χ1n) is 7.25. The van der Waals surface area contributed by atoms with Gasteiger partial charge in [0, 0.05) is 12.1 Å². The standard InChI is InChI=1S/C18H19N3/c1-2-16-17(14-10-8-13(12-19)9-11-14)21-18(20-16)15-6-4-3-5-7-15/h3-11H,2,12,19H2,1H3,(H,20,21). The molecule has 21 heavy (non-hydrogen) atoms. The Bertz CT molecular complexity index is 712. The Kier molecular flexibility index (Phi) is 3.84. The number of nitrogens with one attached hydrogen (secondary N) is 1. The molecular formula is C18H19N3. The van der Waals surface area contributed by atoms with Crippen molar-refractivity contribution in [3.63, 3.8) is 0 Å². The SMILES string of the molecule is CCc1nc(-c2ccccc2)[nH]c1-c1ccc(CN)cc1. The van der Waals surface area contributed by atoms with Gasteiger partial charge in [-0.1, -0.05) is 61.5 Å². The molecule has 0 bridgehead atoms. The Labute approximate surface area is 124 Å². The van der Waals surface area contributed by atoms with Gasteiger partial charge in [0.1, 0.15) is 5.82 Å². The van der Waals surface area contributed by atoms with E-state index in [0.29, 0.717) is 6.54 Å². The second-order valence-corrected chi connectivity index (χ2v) is 5.03. The highest BCUT2D eigenvalue weighted by molar-refractivity contribution is 5.67. The number of nitrogens with two attached hydrogens (primary N) is 1. The molecule has 0 aliphatic heterocycles. The van der Waals surface area contributed by atoms with Crippen molar-refractivity contribution in [2.45, 2.75) is 19.9 Å². The summed E-state index contributed by atoms with van der Waals surface area (Å²) in [6.07, 6.45) is 0.900. The summed E-state index contributed by atoms with van der Waals surface area (Å²) in [5.74, 6) is 0.922. The molecule has 1 heterocycles. The van der Waals surface area contributed by atoms with E-state index in [0.717, 1.165) is 40.3 Å². The van der Waals surface area contributed by atoms with Gasteiger partial charge >= 0.3 is 0 Å². The summed E-state index contributed by atoms with van der Waals surface area (Å²) in [5, 5.41) is 0. The molecule has 106 valence electrons. The molecular weight excluding hydrogens is 258 g/mol. The van der Waals surface area contributed by atoms with Gasteiger partial charge in [-0.15, -0.1) is 0 Å². The fourth-order valence-electron chi connectivity index (χ4n) is 2.44. The van der Waals surface area contributed by atoms with Gasteiger partial charge in [0.25, 0.3) is 0 Å². The van der Waals surface area contributed by atoms with E-state index in [1.165, 1.54) is 0 Å². The lowest BCUT2D eigenvalue weighted by molar-refractivity contribution is 1.06. The number of benzene rings is 2. The van der Waals surface area contributed by atoms with Crippen molar-refractivity contribution in [1.29, 1.82) is 0 Å². The molecule has 0 unspecified atom stereocenters. The smallest absolute Gasteiger partial charge is 0.138 e. The van der Waals surface area contributed by atoms with Crippen molar-refractivity contribution >= 4 is 0 Å². The van der Waals surface area contributed by atoms with Crippen LogP contribution in [0.15, 0.2) is 54.6 Å². The predicted molar refractivity (Wildman–Crippen MR) is 86.7 cm³/mol. The molecule has 3 aromatic rings. The maximum Gasteiger partial charge on any atom is 0.138 e. The summed E-state index contributed by atoms with van der Waals surface area (Å²) in [7, 11) is 0. The van der Waals surface area contributed by atoms with Crippen molar-refractivity contribution in [2.24, 2.45) is 5.73 Å². The van der Waals surface area contributed by atoms with Crippen LogP contribution in [0, 0.1) is 0 Å². The molecule has 0 atom stereocenters. The Hall–Kier alpha value is -2.39. The van der Waals surface area contributed by atoms with E-state index in [1.807, 2.05) is 18.2 Å². The molecule has 0 spiro atoms. The largest absolute Gasteiger partial charge is 0.338 e. The molecule has 0 fully saturated rings. The van der Waals surface area contributed by atoms with Crippen molar-refractivity contribution in [2.75, 3.05) is 0 Å². The number of hydrogen-bond acceptors (Lipinski definition) is 2. The molecule has 1 aromatic heterocycles. The van der Waals surface area contributed by atoms with E-state index < -0.39 is 0 Å². The average molecular weight is 277 g/mol. The van der Waals surface area contributed by atoms with E-state index in [2.05, 4.69) is 48.3 Å². The van der Waals surface area contributed by atoms with Gasteiger partial charge in [0.15, 0.2) is 0 Å². The molecule has 0 aliphatic rings. The zero-order valence-electron chi connectivity index (χ0n) is 12.1. The van der Waals surface area contributed by atoms with Crippen molar-refractivity contribution in [1.82, 2.24) is 9.97 Å². The van der Waals surface area contributed by atoms with Crippen molar-refractivity contribution in [3.05, 3.63) is 65.9 Å². The van der Waals surface area contributed by atoms with Crippen LogP contribution in [0.5, 0.6) is 0 Å². The zero-order chi connectivity index (χ0) is 14.7. The summed E-state index contributed by atoms with van der Waals surface area (Å²) in [6.45, 7) is 2.70. The quantitative estimate of drug-likeness (QED) is 0.762. The number of hydrogen-bond donors (Lipinski definition) is 2. The predicted octanol–water partition coefficient (Wildman–Crippen LogP) is 3.76. The highest BCUT2D eigenvalue weighted by atomic mass is 14.9. The van der Waals surface area contributed by atoms with Gasteiger partial charge in [-0.2, -0.15) is 0 Å². The Balaban J connectivity index is 2.03. The van der Waals surface area contributed by atoms with Crippen LogP contribution in [0.4, 0.5) is 0 Å². The average Bonchev–Trinajstić information content (AvgIpc) is 3.00. The fourth-order valence-corrected chi connectivity index (χ4v) is 2.44. The first-order chi connectivity index (χ1) is 10.3. The first-order valence-corrected chi connectivity index (χ1v) is 7.25. The molecule has 3 heteroatoms. The van der Waals surface area contributed by atoms with Crippen LogP contribution in [0.1, 0.15) is 18.2 Å². The number of H-pyrrole nitrogens is 1. The number of imidazole rings is 1. The Morgan fingerprint density at radius 1 is 0.952 bits per heavy atom. The Morgan fingerprint density at radius 3 is 2.29 bits per heavy atom. The van der Waals surface area contributed by atoms with Crippen LogP contribution in [0.2, 0.25) is 0 Å². The highest BCUT2D eigenvalue weighted by Crippen LogP contribution is 2.26.